The zero-order valence-corrected chi connectivity index (χ0v) is 26.9. The van der Waals surface area contributed by atoms with Gasteiger partial charge in [-0.15, -0.1) is 0 Å². The number of likely N-dealkylation sites (N-methyl/N-ethyl adjacent to an activating group) is 1. The molecule has 0 radical (unpaired) electrons. The van der Waals surface area contributed by atoms with Gasteiger partial charge in [0, 0.05) is 37.9 Å². The van der Waals surface area contributed by atoms with Crippen molar-refractivity contribution in [3.63, 3.8) is 0 Å². The average Bonchev–Trinajstić information content (AvgIpc) is 3.47. The Morgan fingerprint density at radius 2 is 1.77 bits per heavy atom. The molecule has 0 aliphatic carbocycles. The van der Waals surface area contributed by atoms with Crippen molar-refractivity contribution < 1.29 is 32.2 Å². The molecule has 0 amide bonds. The maximum absolute atomic E-state index is 13.0. The van der Waals surface area contributed by atoms with Gasteiger partial charge in [0.25, 0.3) is 9.84 Å². The standard InChI is InChI=1S/C31H30ClN7O7S/c1-37-14-16-38(17-15-37)22-10-13-26(27(18-22)43-2)34-31-33-19-25(32)28(35-31)45-23-11-8-21(9-12-23)20-44-29-30(39(40)46-36-29)47(41,42)24-6-4-3-5-7-24/h3-13,18-19H,14-17,20H2,1-2H3,(H,33,34,35). The van der Waals surface area contributed by atoms with E-state index in [0.29, 0.717) is 22.7 Å². The van der Waals surface area contributed by atoms with Gasteiger partial charge in [0.15, 0.2) is 0 Å². The topological polar surface area (TPSA) is 159 Å². The number of methoxy groups -OCH3 is 1. The van der Waals surface area contributed by atoms with Gasteiger partial charge in [0.1, 0.15) is 23.1 Å². The summed E-state index contributed by atoms with van der Waals surface area (Å²) in [5.74, 6) is 0.980. The summed E-state index contributed by atoms with van der Waals surface area (Å²) in [7, 11) is -0.508. The van der Waals surface area contributed by atoms with E-state index < -0.39 is 20.7 Å². The molecule has 2 aromatic heterocycles. The van der Waals surface area contributed by atoms with Gasteiger partial charge in [-0.05, 0) is 53.9 Å². The number of ether oxygens (including phenoxy) is 3. The molecule has 0 unspecified atom stereocenters. The van der Waals surface area contributed by atoms with Crippen molar-refractivity contribution in [2.24, 2.45) is 0 Å². The van der Waals surface area contributed by atoms with Crippen LogP contribution in [0.3, 0.4) is 0 Å². The summed E-state index contributed by atoms with van der Waals surface area (Å²) in [6.45, 7) is 3.75. The number of nitrogens with one attached hydrogen (secondary N) is 1. The second-order valence-electron chi connectivity index (χ2n) is 10.5. The Morgan fingerprint density at radius 3 is 2.49 bits per heavy atom. The zero-order valence-electron chi connectivity index (χ0n) is 25.4. The highest BCUT2D eigenvalue weighted by molar-refractivity contribution is 7.91. The minimum atomic E-state index is -4.23. The van der Waals surface area contributed by atoms with Crippen molar-refractivity contribution >= 4 is 38.8 Å². The van der Waals surface area contributed by atoms with Crippen molar-refractivity contribution in [1.82, 2.24) is 20.0 Å². The van der Waals surface area contributed by atoms with Gasteiger partial charge < -0.3 is 34.5 Å². The predicted octanol–water partition coefficient (Wildman–Crippen LogP) is 4.46. The maximum Gasteiger partial charge on any atom is 0.415 e. The van der Waals surface area contributed by atoms with Crippen LogP contribution < -0.4 is 29.3 Å². The number of halogens is 1. The average molecular weight is 680 g/mol. The molecule has 3 aromatic carbocycles. The summed E-state index contributed by atoms with van der Waals surface area (Å²) in [6, 6.07) is 20.1. The van der Waals surface area contributed by atoms with Crippen LogP contribution in [0, 0.1) is 5.21 Å². The summed E-state index contributed by atoms with van der Waals surface area (Å²) in [4.78, 5) is 13.0. The minimum Gasteiger partial charge on any atom is -0.494 e. The van der Waals surface area contributed by atoms with E-state index in [0.717, 1.165) is 31.9 Å². The van der Waals surface area contributed by atoms with Crippen LogP contribution in [0.15, 0.2) is 93.5 Å². The van der Waals surface area contributed by atoms with Crippen LogP contribution in [0.1, 0.15) is 5.56 Å². The monoisotopic (exact) mass is 679 g/mol. The van der Waals surface area contributed by atoms with Crippen LogP contribution in [0.4, 0.5) is 17.3 Å². The molecule has 0 spiro atoms. The Kier molecular flexibility index (Phi) is 9.29. The number of hydrogen-bond donors (Lipinski definition) is 1. The summed E-state index contributed by atoms with van der Waals surface area (Å²) in [5, 5.41) is 18.3. The second kappa shape index (κ2) is 13.7. The Balaban J connectivity index is 1.11. The lowest BCUT2D eigenvalue weighted by molar-refractivity contribution is -0.832. The maximum atomic E-state index is 13.0. The van der Waals surface area contributed by atoms with Crippen LogP contribution in [0.2, 0.25) is 5.02 Å². The number of piperazine rings is 1. The smallest absolute Gasteiger partial charge is 0.415 e. The lowest BCUT2D eigenvalue weighted by atomic mass is 10.2. The molecule has 1 fully saturated rings. The largest absolute Gasteiger partial charge is 0.494 e. The van der Waals surface area contributed by atoms with Gasteiger partial charge in [-0.3, -0.25) is 4.63 Å². The lowest BCUT2D eigenvalue weighted by Crippen LogP contribution is -2.44. The van der Waals surface area contributed by atoms with E-state index in [9.17, 15) is 13.6 Å². The summed E-state index contributed by atoms with van der Waals surface area (Å²) < 4.78 is 47.6. The van der Waals surface area contributed by atoms with Crippen LogP contribution in [0.25, 0.3) is 0 Å². The van der Waals surface area contributed by atoms with Crippen molar-refractivity contribution in [2.75, 3.05) is 50.6 Å². The third kappa shape index (κ3) is 7.16. The summed E-state index contributed by atoms with van der Waals surface area (Å²) in [6.07, 6.45) is 1.43. The van der Waals surface area contributed by atoms with Crippen LogP contribution in [-0.4, -0.2) is 68.8 Å². The number of nitrogens with zero attached hydrogens (tertiary/aromatic N) is 6. The molecular formula is C31H30ClN7O7S. The number of rotatable bonds is 11. The fraction of sp³-hybridized carbons (Fsp3) is 0.226. The van der Waals surface area contributed by atoms with E-state index in [1.165, 1.54) is 30.5 Å². The van der Waals surface area contributed by atoms with Gasteiger partial charge in [0.05, 0.1) is 29.0 Å². The Bertz CT molecular complexity index is 1950. The molecule has 3 heterocycles. The molecule has 0 bridgehead atoms. The van der Waals surface area contributed by atoms with Gasteiger partial charge in [-0.1, -0.05) is 41.9 Å². The molecule has 5 aromatic rings. The predicted molar refractivity (Wildman–Crippen MR) is 171 cm³/mol. The molecule has 1 aliphatic rings. The quantitative estimate of drug-likeness (QED) is 0.195. The third-order valence-electron chi connectivity index (χ3n) is 7.38. The fourth-order valence-corrected chi connectivity index (χ4v) is 6.23. The van der Waals surface area contributed by atoms with E-state index in [4.69, 9.17) is 25.8 Å². The van der Waals surface area contributed by atoms with E-state index in [2.05, 4.69) is 41.9 Å². The van der Waals surface area contributed by atoms with Crippen LogP contribution >= 0.6 is 11.6 Å². The number of benzene rings is 3. The molecular weight excluding hydrogens is 650 g/mol. The van der Waals surface area contributed by atoms with E-state index in [-0.39, 0.29) is 33.3 Å². The molecule has 14 nitrogen and oxygen atoms in total. The first-order chi connectivity index (χ1) is 22.7. The Hall–Kier alpha value is -5.12. The molecule has 1 aliphatic heterocycles. The van der Waals surface area contributed by atoms with Gasteiger partial charge in [-0.2, -0.15) is 4.98 Å². The number of hydrogen-bond acceptors (Lipinski definition) is 13. The first kappa shape index (κ1) is 31.8. The summed E-state index contributed by atoms with van der Waals surface area (Å²) in [5.41, 5.74) is 2.38. The van der Waals surface area contributed by atoms with Gasteiger partial charge >= 0.3 is 10.9 Å². The second-order valence-corrected chi connectivity index (χ2v) is 12.8. The summed E-state index contributed by atoms with van der Waals surface area (Å²) >= 11 is 6.35. The van der Waals surface area contributed by atoms with Gasteiger partial charge in [0.2, 0.25) is 11.8 Å². The van der Waals surface area contributed by atoms with Crippen LogP contribution in [-0.2, 0) is 16.4 Å². The Morgan fingerprint density at radius 1 is 1.02 bits per heavy atom. The lowest BCUT2D eigenvalue weighted by Gasteiger charge is -2.34. The molecule has 1 saturated heterocycles. The number of anilines is 3. The number of sulfone groups is 1. The zero-order chi connectivity index (χ0) is 33.0. The molecule has 1 N–H and O–H groups in total. The highest BCUT2D eigenvalue weighted by Gasteiger charge is 2.35. The molecule has 47 heavy (non-hydrogen) atoms. The highest BCUT2D eigenvalue weighted by atomic mass is 35.5. The SMILES string of the molecule is COc1cc(N2CCN(C)CC2)ccc1Nc1ncc(Cl)c(Oc2ccc(COc3no[n+]([O-])c3S(=O)(=O)c3ccccc3)cc2)n1. The third-order valence-corrected chi connectivity index (χ3v) is 9.36. The van der Waals surface area contributed by atoms with E-state index in [1.54, 1.807) is 37.4 Å². The van der Waals surface area contributed by atoms with Crippen molar-refractivity contribution in [3.8, 4) is 23.3 Å². The van der Waals surface area contributed by atoms with Crippen molar-refractivity contribution in [1.29, 1.82) is 0 Å². The Labute approximate surface area is 275 Å². The molecule has 0 atom stereocenters. The molecule has 6 rings (SSSR count). The first-order valence-electron chi connectivity index (χ1n) is 14.4. The molecule has 0 saturated carbocycles. The molecule has 244 valence electrons. The van der Waals surface area contributed by atoms with Crippen molar-refractivity contribution in [3.05, 3.63) is 94.8 Å². The fourth-order valence-electron chi connectivity index (χ4n) is 4.81. The van der Waals surface area contributed by atoms with Crippen molar-refractivity contribution in [2.45, 2.75) is 16.5 Å². The molecule has 16 heteroatoms. The minimum absolute atomic E-state index is 0.0980. The van der Waals surface area contributed by atoms with Gasteiger partial charge in [-0.25, -0.2) is 13.4 Å². The number of aromatic nitrogens is 4. The van der Waals surface area contributed by atoms with E-state index >= 15 is 0 Å². The highest BCUT2D eigenvalue weighted by Crippen LogP contribution is 2.34. The van der Waals surface area contributed by atoms with E-state index in [1.807, 2.05) is 18.2 Å². The normalized spacial score (nSPS) is 13.7. The first-order valence-corrected chi connectivity index (χ1v) is 16.3. The van der Waals surface area contributed by atoms with Crippen LogP contribution in [0.5, 0.6) is 23.3 Å².